The van der Waals surface area contributed by atoms with Gasteiger partial charge in [0.2, 0.25) is 5.91 Å². The Bertz CT molecular complexity index is 1140. The Morgan fingerprint density at radius 1 is 1.10 bits per heavy atom. The highest BCUT2D eigenvalue weighted by molar-refractivity contribution is 6.17. The predicted molar refractivity (Wildman–Crippen MR) is 113 cm³/mol. The summed E-state index contributed by atoms with van der Waals surface area (Å²) in [5.41, 5.74) is 5.39. The standard InChI is InChI=1S/C23H24FN3O2/c1-13-10-14(2)20(15(3)11-13)25-23(29)22-21(27-9-5-6-19(27)28)17-12-16(24)7-8-18(17)26(22)4/h7-8,10-12H,5-6,9H2,1-4H3,(H,25,29). The molecule has 0 unspecified atom stereocenters. The first kappa shape index (κ1) is 19.2. The fourth-order valence-corrected chi connectivity index (χ4v) is 4.36. The number of carbonyl (C=O) groups is 2. The number of amides is 2. The molecule has 0 bridgehead atoms. The van der Waals surface area contributed by atoms with Gasteiger partial charge in [-0.25, -0.2) is 4.39 Å². The molecular formula is C23H24FN3O2. The van der Waals surface area contributed by atoms with Crippen molar-refractivity contribution in [2.45, 2.75) is 33.6 Å². The molecule has 150 valence electrons. The van der Waals surface area contributed by atoms with Gasteiger partial charge in [0.1, 0.15) is 11.5 Å². The highest BCUT2D eigenvalue weighted by Crippen LogP contribution is 2.37. The third-order valence-electron chi connectivity index (χ3n) is 5.61. The van der Waals surface area contributed by atoms with Crippen LogP contribution in [0.25, 0.3) is 10.9 Å². The van der Waals surface area contributed by atoms with E-state index >= 15 is 0 Å². The van der Waals surface area contributed by atoms with E-state index in [-0.39, 0.29) is 11.8 Å². The van der Waals surface area contributed by atoms with Crippen LogP contribution in [0.15, 0.2) is 30.3 Å². The van der Waals surface area contributed by atoms with Gasteiger partial charge in [0.15, 0.2) is 0 Å². The van der Waals surface area contributed by atoms with Gasteiger partial charge >= 0.3 is 0 Å². The molecule has 2 heterocycles. The summed E-state index contributed by atoms with van der Waals surface area (Å²) in [6.45, 7) is 6.45. The van der Waals surface area contributed by atoms with Crippen molar-refractivity contribution in [1.82, 2.24) is 4.57 Å². The van der Waals surface area contributed by atoms with Crippen LogP contribution in [0.5, 0.6) is 0 Å². The molecule has 5 nitrogen and oxygen atoms in total. The number of nitrogens with one attached hydrogen (secondary N) is 1. The summed E-state index contributed by atoms with van der Waals surface area (Å²) < 4.78 is 15.8. The van der Waals surface area contributed by atoms with Crippen LogP contribution in [-0.2, 0) is 11.8 Å². The SMILES string of the molecule is Cc1cc(C)c(NC(=O)c2c(N3CCCC3=O)c3cc(F)ccc3n2C)c(C)c1. The normalized spacial score (nSPS) is 14.1. The molecule has 1 aromatic heterocycles. The number of fused-ring (bicyclic) bond motifs is 1. The zero-order valence-electron chi connectivity index (χ0n) is 17.1. The lowest BCUT2D eigenvalue weighted by molar-refractivity contribution is -0.117. The minimum Gasteiger partial charge on any atom is -0.338 e. The molecule has 1 N–H and O–H groups in total. The van der Waals surface area contributed by atoms with Crippen LogP contribution in [0.3, 0.4) is 0 Å². The van der Waals surface area contributed by atoms with E-state index in [4.69, 9.17) is 0 Å². The lowest BCUT2D eigenvalue weighted by Gasteiger charge is -2.19. The number of hydrogen-bond acceptors (Lipinski definition) is 2. The largest absolute Gasteiger partial charge is 0.338 e. The van der Waals surface area contributed by atoms with Crippen LogP contribution in [0, 0.1) is 26.6 Å². The second-order valence-electron chi connectivity index (χ2n) is 7.79. The van der Waals surface area contributed by atoms with E-state index in [9.17, 15) is 14.0 Å². The van der Waals surface area contributed by atoms with Crippen molar-refractivity contribution in [2.24, 2.45) is 7.05 Å². The average Bonchev–Trinajstić information content (AvgIpc) is 3.18. The van der Waals surface area contributed by atoms with Gasteiger partial charge in [-0.05, 0) is 56.5 Å². The van der Waals surface area contributed by atoms with Gasteiger partial charge in [0, 0.05) is 31.1 Å². The Kier molecular flexibility index (Phi) is 4.65. The molecule has 1 saturated heterocycles. The Balaban J connectivity index is 1.88. The predicted octanol–water partition coefficient (Wildman–Crippen LogP) is 4.62. The monoisotopic (exact) mass is 393 g/mol. The topological polar surface area (TPSA) is 54.3 Å². The van der Waals surface area contributed by atoms with Crippen molar-refractivity contribution < 1.29 is 14.0 Å². The van der Waals surface area contributed by atoms with Crippen molar-refractivity contribution in [3.63, 3.8) is 0 Å². The smallest absolute Gasteiger partial charge is 0.274 e. The highest BCUT2D eigenvalue weighted by atomic mass is 19.1. The van der Waals surface area contributed by atoms with E-state index in [1.54, 1.807) is 22.6 Å². The van der Waals surface area contributed by atoms with E-state index in [1.165, 1.54) is 12.1 Å². The minimum absolute atomic E-state index is 0.0430. The lowest BCUT2D eigenvalue weighted by atomic mass is 10.0. The third kappa shape index (κ3) is 3.18. The second-order valence-corrected chi connectivity index (χ2v) is 7.79. The second kappa shape index (κ2) is 7.03. The molecule has 0 radical (unpaired) electrons. The van der Waals surface area contributed by atoms with Gasteiger partial charge in [-0.3, -0.25) is 9.59 Å². The van der Waals surface area contributed by atoms with E-state index in [2.05, 4.69) is 5.32 Å². The van der Waals surface area contributed by atoms with Gasteiger partial charge in [0.25, 0.3) is 5.91 Å². The summed E-state index contributed by atoms with van der Waals surface area (Å²) in [6, 6.07) is 8.45. The Morgan fingerprint density at radius 3 is 2.41 bits per heavy atom. The molecule has 2 aromatic carbocycles. The van der Waals surface area contributed by atoms with Crippen LogP contribution in [0.2, 0.25) is 0 Å². The number of aromatic nitrogens is 1. The summed E-state index contributed by atoms with van der Waals surface area (Å²) >= 11 is 0. The first-order chi connectivity index (χ1) is 13.8. The maximum Gasteiger partial charge on any atom is 0.274 e. The molecule has 1 fully saturated rings. The molecule has 3 aromatic rings. The van der Waals surface area contributed by atoms with E-state index in [0.717, 1.165) is 28.8 Å². The Labute approximate surface area is 169 Å². The molecule has 4 rings (SSSR count). The molecule has 0 spiro atoms. The summed E-state index contributed by atoms with van der Waals surface area (Å²) in [7, 11) is 1.77. The van der Waals surface area contributed by atoms with Crippen molar-refractivity contribution >= 4 is 34.1 Å². The minimum atomic E-state index is -0.395. The lowest BCUT2D eigenvalue weighted by Crippen LogP contribution is -2.27. The quantitative estimate of drug-likeness (QED) is 0.706. The summed E-state index contributed by atoms with van der Waals surface area (Å²) in [6.07, 6.45) is 1.16. The molecule has 1 aliphatic rings. The first-order valence-corrected chi connectivity index (χ1v) is 9.75. The van der Waals surface area contributed by atoms with Crippen molar-refractivity contribution in [3.05, 3.63) is 58.5 Å². The molecule has 6 heteroatoms. The molecule has 0 atom stereocenters. The zero-order chi connectivity index (χ0) is 20.9. The van der Waals surface area contributed by atoms with Crippen LogP contribution >= 0.6 is 0 Å². The number of nitrogens with zero attached hydrogens (tertiary/aromatic N) is 2. The summed E-state index contributed by atoms with van der Waals surface area (Å²) in [5.74, 6) is -0.749. The maximum absolute atomic E-state index is 14.0. The number of rotatable bonds is 3. The van der Waals surface area contributed by atoms with E-state index in [0.29, 0.717) is 35.2 Å². The number of benzene rings is 2. The van der Waals surface area contributed by atoms with E-state index < -0.39 is 5.82 Å². The number of halogens is 1. The van der Waals surface area contributed by atoms with Gasteiger partial charge in [-0.1, -0.05) is 17.7 Å². The summed E-state index contributed by atoms with van der Waals surface area (Å²) in [5, 5.41) is 3.60. The van der Waals surface area contributed by atoms with Crippen molar-refractivity contribution in [2.75, 3.05) is 16.8 Å². The number of aryl methyl sites for hydroxylation is 4. The zero-order valence-corrected chi connectivity index (χ0v) is 17.1. The molecule has 0 saturated carbocycles. The van der Waals surface area contributed by atoms with Crippen molar-refractivity contribution in [1.29, 1.82) is 0 Å². The first-order valence-electron chi connectivity index (χ1n) is 9.75. The average molecular weight is 393 g/mol. The maximum atomic E-state index is 14.0. The van der Waals surface area contributed by atoms with Crippen LogP contribution < -0.4 is 10.2 Å². The van der Waals surface area contributed by atoms with Crippen LogP contribution in [0.1, 0.15) is 40.0 Å². The van der Waals surface area contributed by atoms with Crippen LogP contribution in [-0.4, -0.2) is 22.9 Å². The number of carbonyl (C=O) groups excluding carboxylic acids is 2. The third-order valence-corrected chi connectivity index (χ3v) is 5.61. The molecule has 0 aliphatic carbocycles. The fourth-order valence-electron chi connectivity index (χ4n) is 4.36. The Hall–Kier alpha value is -3.15. The Morgan fingerprint density at radius 2 is 1.79 bits per heavy atom. The number of hydrogen-bond donors (Lipinski definition) is 1. The van der Waals surface area contributed by atoms with Crippen molar-refractivity contribution in [3.8, 4) is 0 Å². The van der Waals surface area contributed by atoms with Gasteiger partial charge in [-0.2, -0.15) is 0 Å². The van der Waals surface area contributed by atoms with Gasteiger partial charge < -0.3 is 14.8 Å². The van der Waals surface area contributed by atoms with Gasteiger partial charge in [0.05, 0.1) is 11.2 Å². The fraction of sp³-hybridized carbons (Fsp3) is 0.304. The van der Waals surface area contributed by atoms with Gasteiger partial charge in [-0.15, -0.1) is 0 Å². The summed E-state index contributed by atoms with van der Waals surface area (Å²) in [4.78, 5) is 27.5. The molecular weight excluding hydrogens is 369 g/mol. The highest BCUT2D eigenvalue weighted by Gasteiger charge is 2.31. The van der Waals surface area contributed by atoms with E-state index in [1.807, 2.05) is 32.9 Å². The number of anilines is 2. The molecule has 1 aliphatic heterocycles. The molecule has 29 heavy (non-hydrogen) atoms. The molecule has 2 amide bonds. The van der Waals surface area contributed by atoms with Crippen LogP contribution in [0.4, 0.5) is 15.8 Å².